The summed E-state index contributed by atoms with van der Waals surface area (Å²) in [5.41, 5.74) is 0.844. The summed E-state index contributed by atoms with van der Waals surface area (Å²) >= 11 is 0. The molecule has 0 aromatic heterocycles. The van der Waals surface area contributed by atoms with E-state index in [0.29, 0.717) is 47.0 Å². The molecule has 0 aromatic carbocycles. The van der Waals surface area contributed by atoms with Crippen LogP contribution in [0.15, 0.2) is 36.5 Å². The fourth-order valence-electron chi connectivity index (χ4n) is 11.4. The number of carbonyl (C=O) groups is 3. The molecule has 6 aliphatic carbocycles. The number of hydrogen-bond donors (Lipinski definition) is 4. The fourth-order valence-corrected chi connectivity index (χ4v) is 11.4. The van der Waals surface area contributed by atoms with Gasteiger partial charge in [0.25, 0.3) is 0 Å². The maximum atomic E-state index is 11.6. The van der Waals surface area contributed by atoms with Crippen LogP contribution in [-0.4, -0.2) is 99.1 Å². The second-order valence-corrected chi connectivity index (χ2v) is 18.4. The highest BCUT2D eigenvalue weighted by molar-refractivity contribution is 6.00. The third-order valence-electron chi connectivity index (χ3n) is 13.8. The molecule has 3 heterocycles. The maximum absolute atomic E-state index is 11.6. The molecule has 9 fully saturated rings. The Labute approximate surface area is 320 Å². The predicted molar refractivity (Wildman–Crippen MR) is 198 cm³/mol. The second kappa shape index (κ2) is 15.5. The first kappa shape index (κ1) is 42.7. The van der Waals surface area contributed by atoms with Gasteiger partial charge in [-0.3, -0.25) is 0 Å². The molecule has 9 rings (SSSR count). The van der Waals surface area contributed by atoms with Gasteiger partial charge in [0.2, 0.25) is 0 Å². The molecule has 0 amide bonds. The highest BCUT2D eigenvalue weighted by Gasteiger charge is 2.66. The molecule has 4 N–H and O–H groups in total. The number of rotatable bonds is 4. The van der Waals surface area contributed by atoms with Crippen LogP contribution >= 0.6 is 0 Å². The van der Waals surface area contributed by atoms with Gasteiger partial charge in [0, 0.05) is 29.7 Å². The molecule has 3 saturated heterocycles. The molecule has 54 heavy (non-hydrogen) atoms. The molecule has 12 nitrogen and oxygen atoms in total. The number of hydrogen-bond acceptors (Lipinski definition) is 12. The van der Waals surface area contributed by atoms with Crippen molar-refractivity contribution in [2.24, 2.45) is 53.3 Å². The highest BCUT2D eigenvalue weighted by atomic mass is 16.6. The summed E-state index contributed by atoms with van der Waals surface area (Å²) < 4.78 is 27.3. The van der Waals surface area contributed by atoms with Crippen LogP contribution in [-0.2, 0) is 38.1 Å². The summed E-state index contributed by atoms with van der Waals surface area (Å²) in [4.78, 5) is 33.0. The third kappa shape index (κ3) is 7.78. The summed E-state index contributed by atoms with van der Waals surface area (Å²) in [7, 11) is 1.00. The van der Waals surface area contributed by atoms with E-state index in [9.17, 15) is 29.7 Å². The van der Waals surface area contributed by atoms with Gasteiger partial charge in [-0.1, -0.05) is 19.7 Å². The van der Waals surface area contributed by atoms with Gasteiger partial charge >= 0.3 is 17.9 Å². The average Bonchev–Trinajstić information content (AvgIpc) is 3.96. The first-order chi connectivity index (χ1) is 25.0. The Bertz CT molecular complexity index is 1430. The number of esters is 3. The van der Waals surface area contributed by atoms with E-state index in [1.54, 1.807) is 13.8 Å². The van der Waals surface area contributed by atoms with Gasteiger partial charge in [0.15, 0.2) is 5.79 Å². The molecule has 6 bridgehead atoms. The van der Waals surface area contributed by atoms with Crippen LogP contribution in [0.4, 0.5) is 0 Å². The summed E-state index contributed by atoms with van der Waals surface area (Å²) in [6.45, 7) is 25.3. The quantitative estimate of drug-likeness (QED) is 0.181. The van der Waals surface area contributed by atoms with E-state index in [1.165, 1.54) is 26.7 Å². The molecule has 16 unspecified atom stereocenters. The van der Waals surface area contributed by atoms with Crippen LogP contribution in [0, 0.1) is 53.3 Å². The standard InChI is InChI=1S/C14H20O3.C10H16O2.C9H14O3.C8H10O3.CH4O/c1-7(2)13(15)16-11-8-5-9-10(6-8)14(3,4)17-12(9)11;1-10(2)7-4-5-3-6(7)9(12-10)8(5)11;1-9(11)6-3-4-2-5(6)8(12-9)7(4)10;1-5(2)7(9)11-8(10)6(3)4;1-2/h8-12H,1,5-6H2,2-4H3;5-9,11H,3-4H2,1-2H3;4-8,10-11H,2-3H2,1H3;1,3H2,2,4H3;2H,1H3. The van der Waals surface area contributed by atoms with Crippen molar-refractivity contribution in [1.82, 2.24) is 0 Å². The zero-order valence-electron chi connectivity index (χ0n) is 33.6. The lowest BCUT2D eigenvalue weighted by Gasteiger charge is -2.26. The van der Waals surface area contributed by atoms with Gasteiger partial charge in [-0.25, -0.2) is 14.4 Å². The van der Waals surface area contributed by atoms with Crippen molar-refractivity contribution in [3.05, 3.63) is 36.5 Å². The molecule has 9 aliphatic rings. The Hall–Kier alpha value is -2.45. The molecule has 3 aliphatic heterocycles. The smallest absolute Gasteiger partial charge is 0.340 e. The lowest BCUT2D eigenvalue weighted by molar-refractivity contribution is -0.202. The Kier molecular flexibility index (Phi) is 12.2. The van der Waals surface area contributed by atoms with Gasteiger partial charge in [0.05, 0.1) is 41.7 Å². The van der Waals surface area contributed by atoms with Crippen LogP contribution in [0.1, 0.15) is 93.9 Å². The van der Waals surface area contributed by atoms with E-state index < -0.39 is 17.7 Å². The molecule has 304 valence electrons. The number of ether oxygens (including phenoxy) is 5. The van der Waals surface area contributed by atoms with Gasteiger partial charge in [0.1, 0.15) is 6.10 Å². The van der Waals surface area contributed by atoms with E-state index in [2.05, 4.69) is 52.2 Å². The van der Waals surface area contributed by atoms with Crippen molar-refractivity contribution in [2.45, 2.75) is 148 Å². The Balaban J connectivity index is 0.000000138. The van der Waals surface area contributed by atoms with Gasteiger partial charge < -0.3 is 44.1 Å². The third-order valence-corrected chi connectivity index (χ3v) is 13.8. The molecule has 0 aromatic rings. The van der Waals surface area contributed by atoms with Gasteiger partial charge in [-0.2, -0.15) is 0 Å². The van der Waals surface area contributed by atoms with Crippen molar-refractivity contribution < 1.29 is 58.5 Å². The summed E-state index contributed by atoms with van der Waals surface area (Å²) in [5.74, 6) is 2.10. The zero-order valence-corrected chi connectivity index (χ0v) is 33.6. The van der Waals surface area contributed by atoms with E-state index >= 15 is 0 Å². The first-order valence-corrected chi connectivity index (χ1v) is 19.5. The van der Waals surface area contributed by atoms with Crippen molar-refractivity contribution in [1.29, 1.82) is 0 Å². The monoisotopic (exact) mass is 760 g/mol. The molecule has 6 saturated carbocycles. The Morgan fingerprint density at radius 1 is 0.574 bits per heavy atom. The molecule has 0 spiro atoms. The first-order valence-electron chi connectivity index (χ1n) is 19.5. The molecule has 12 heteroatoms. The summed E-state index contributed by atoms with van der Waals surface area (Å²) in [6.07, 6.45) is 6.38. The number of carbonyl (C=O) groups excluding carboxylic acids is 3. The van der Waals surface area contributed by atoms with E-state index in [0.717, 1.165) is 38.7 Å². The average molecular weight is 761 g/mol. The number of aliphatic hydroxyl groups is 4. The Morgan fingerprint density at radius 3 is 1.37 bits per heavy atom. The van der Waals surface area contributed by atoms with E-state index in [1.807, 2.05) is 0 Å². The number of fused-ring (bicyclic) bond motifs is 3. The van der Waals surface area contributed by atoms with Gasteiger partial charge in [-0.05, 0) is 141 Å². The predicted octanol–water partition coefficient (Wildman–Crippen LogP) is 4.42. The molecular weight excluding hydrogens is 696 g/mol. The minimum atomic E-state index is -0.971. The van der Waals surface area contributed by atoms with Crippen LogP contribution in [0.25, 0.3) is 0 Å². The summed E-state index contributed by atoms with van der Waals surface area (Å²) in [5, 5.41) is 36.4. The zero-order chi connectivity index (χ0) is 40.4. The van der Waals surface area contributed by atoms with Crippen molar-refractivity contribution >= 4 is 17.9 Å². The van der Waals surface area contributed by atoms with E-state index in [4.69, 9.17) is 24.1 Å². The fraction of sp³-hybridized carbons (Fsp3) is 0.786. The molecular formula is C42H64O12. The number of aliphatic hydroxyl groups excluding tert-OH is 3. The SMILES string of the molecule is C=C(C)C(=O)OC(=O)C(=C)C.C=C(C)C(=O)OC1C2CC3C1OC(C)(C)C3C2.CC1(C)OC2C(O)C3CC2C1C3.CC1(O)OC2C(O)C3CC2C1C3.CO. The minimum Gasteiger partial charge on any atom is -0.456 e. The normalized spacial score (nSPS) is 44.4. The lowest BCUT2D eigenvalue weighted by Crippen LogP contribution is -2.36. The summed E-state index contributed by atoms with van der Waals surface area (Å²) in [6, 6.07) is 0. The van der Waals surface area contributed by atoms with Crippen molar-refractivity contribution in [2.75, 3.05) is 7.11 Å². The van der Waals surface area contributed by atoms with Crippen LogP contribution in [0.3, 0.4) is 0 Å². The van der Waals surface area contributed by atoms with Crippen molar-refractivity contribution in [3.8, 4) is 0 Å². The van der Waals surface area contributed by atoms with Crippen LogP contribution < -0.4 is 0 Å². The van der Waals surface area contributed by atoms with Gasteiger partial charge in [-0.15, -0.1) is 0 Å². The van der Waals surface area contributed by atoms with Crippen LogP contribution in [0.5, 0.6) is 0 Å². The van der Waals surface area contributed by atoms with E-state index in [-0.39, 0.29) is 70.9 Å². The van der Waals surface area contributed by atoms with Crippen molar-refractivity contribution in [3.63, 3.8) is 0 Å². The second-order valence-electron chi connectivity index (χ2n) is 18.4. The lowest BCUT2D eigenvalue weighted by atomic mass is 9.80. The molecule has 0 radical (unpaired) electrons. The minimum absolute atomic E-state index is 0.0293. The largest absolute Gasteiger partial charge is 0.456 e. The molecule has 16 atom stereocenters. The highest BCUT2D eigenvalue weighted by Crippen LogP contribution is 2.62. The van der Waals surface area contributed by atoms with Crippen LogP contribution in [0.2, 0.25) is 0 Å². The topological polar surface area (TPSA) is 178 Å². The maximum Gasteiger partial charge on any atom is 0.340 e. The Morgan fingerprint density at radius 2 is 0.944 bits per heavy atom.